The highest BCUT2D eigenvalue weighted by molar-refractivity contribution is 7.09. The largest absolute Gasteiger partial charge is 0.382 e. The molecule has 1 aromatic heterocycles. The van der Waals surface area contributed by atoms with E-state index in [9.17, 15) is 0 Å². The summed E-state index contributed by atoms with van der Waals surface area (Å²) in [7, 11) is 1.66. The maximum Gasteiger partial charge on any atom is 0.0797 e. The zero-order chi connectivity index (χ0) is 11.6. The minimum atomic E-state index is 0.630. The SMILES string of the molecule is COCCOCCOCCc1scnc1C. The zero-order valence-corrected chi connectivity index (χ0v) is 10.7. The lowest BCUT2D eigenvalue weighted by Crippen LogP contribution is -2.09. The molecule has 0 aliphatic carbocycles. The molecule has 1 heterocycles. The predicted molar refractivity (Wildman–Crippen MR) is 64.1 cm³/mol. The van der Waals surface area contributed by atoms with Gasteiger partial charge in [-0.3, -0.25) is 0 Å². The molecule has 0 aliphatic rings. The van der Waals surface area contributed by atoms with E-state index < -0.39 is 0 Å². The van der Waals surface area contributed by atoms with Crippen molar-refractivity contribution in [2.45, 2.75) is 13.3 Å². The topological polar surface area (TPSA) is 40.6 Å². The number of nitrogens with zero attached hydrogens (tertiary/aromatic N) is 1. The molecule has 92 valence electrons. The van der Waals surface area contributed by atoms with Crippen LogP contribution in [0.5, 0.6) is 0 Å². The van der Waals surface area contributed by atoms with Crippen LogP contribution in [0.1, 0.15) is 10.6 Å². The van der Waals surface area contributed by atoms with E-state index in [2.05, 4.69) is 4.98 Å². The summed E-state index contributed by atoms with van der Waals surface area (Å²) in [6, 6.07) is 0. The van der Waals surface area contributed by atoms with Crippen LogP contribution >= 0.6 is 11.3 Å². The highest BCUT2D eigenvalue weighted by atomic mass is 32.1. The Morgan fingerprint density at radius 3 is 2.44 bits per heavy atom. The van der Waals surface area contributed by atoms with Gasteiger partial charge in [-0.1, -0.05) is 0 Å². The molecule has 1 aromatic rings. The fourth-order valence-corrected chi connectivity index (χ4v) is 1.96. The molecule has 4 nitrogen and oxygen atoms in total. The number of hydrogen-bond acceptors (Lipinski definition) is 5. The molecule has 5 heteroatoms. The van der Waals surface area contributed by atoms with Gasteiger partial charge in [0.05, 0.1) is 44.2 Å². The van der Waals surface area contributed by atoms with Gasteiger partial charge in [-0.05, 0) is 6.92 Å². The Balaban J connectivity index is 1.91. The van der Waals surface area contributed by atoms with E-state index >= 15 is 0 Å². The minimum absolute atomic E-state index is 0.630. The van der Waals surface area contributed by atoms with Crippen molar-refractivity contribution >= 4 is 11.3 Å². The average Bonchev–Trinajstić information content (AvgIpc) is 2.68. The Bertz CT molecular complexity index is 278. The van der Waals surface area contributed by atoms with E-state index in [1.54, 1.807) is 18.4 Å². The number of hydrogen-bond donors (Lipinski definition) is 0. The molecule has 0 radical (unpaired) electrons. The van der Waals surface area contributed by atoms with Crippen LogP contribution in [0.2, 0.25) is 0 Å². The maximum absolute atomic E-state index is 5.46. The zero-order valence-electron chi connectivity index (χ0n) is 9.90. The van der Waals surface area contributed by atoms with Crippen LogP contribution in [-0.4, -0.2) is 45.1 Å². The van der Waals surface area contributed by atoms with Gasteiger partial charge in [0.1, 0.15) is 0 Å². The van der Waals surface area contributed by atoms with Crippen LogP contribution in [0.25, 0.3) is 0 Å². The molecule has 0 fully saturated rings. The van der Waals surface area contributed by atoms with Gasteiger partial charge in [-0.2, -0.15) is 0 Å². The monoisotopic (exact) mass is 245 g/mol. The number of aromatic nitrogens is 1. The van der Waals surface area contributed by atoms with E-state index in [4.69, 9.17) is 14.2 Å². The molecule has 0 N–H and O–H groups in total. The first-order valence-electron chi connectivity index (χ1n) is 5.38. The van der Waals surface area contributed by atoms with E-state index in [-0.39, 0.29) is 0 Å². The highest BCUT2D eigenvalue weighted by Gasteiger charge is 2.00. The number of thiazole rings is 1. The molecule has 16 heavy (non-hydrogen) atoms. The first-order valence-corrected chi connectivity index (χ1v) is 6.26. The van der Waals surface area contributed by atoms with Crippen LogP contribution in [0.3, 0.4) is 0 Å². The van der Waals surface area contributed by atoms with Crippen LogP contribution in [0.15, 0.2) is 5.51 Å². The predicted octanol–water partition coefficient (Wildman–Crippen LogP) is 1.67. The average molecular weight is 245 g/mol. The molecule has 0 bridgehead atoms. The number of methoxy groups -OCH3 is 1. The summed E-state index contributed by atoms with van der Waals surface area (Å²) in [4.78, 5) is 5.50. The molecular formula is C11H19NO3S. The Kier molecular flexibility index (Phi) is 7.33. The van der Waals surface area contributed by atoms with Gasteiger partial charge in [0, 0.05) is 18.4 Å². The first kappa shape index (κ1) is 13.6. The summed E-state index contributed by atoms with van der Waals surface area (Å²) >= 11 is 1.69. The second-order valence-corrected chi connectivity index (χ2v) is 4.27. The number of ether oxygens (including phenoxy) is 3. The summed E-state index contributed by atoms with van der Waals surface area (Å²) in [5, 5.41) is 0. The second-order valence-electron chi connectivity index (χ2n) is 3.33. The smallest absolute Gasteiger partial charge is 0.0797 e. The lowest BCUT2D eigenvalue weighted by molar-refractivity contribution is 0.0256. The number of aryl methyl sites for hydroxylation is 1. The third kappa shape index (κ3) is 5.55. The van der Waals surface area contributed by atoms with E-state index in [0.717, 1.165) is 18.7 Å². The van der Waals surface area contributed by atoms with Crippen LogP contribution in [0.4, 0.5) is 0 Å². The van der Waals surface area contributed by atoms with Gasteiger partial charge in [0.25, 0.3) is 0 Å². The molecular weight excluding hydrogens is 226 g/mol. The molecule has 0 amide bonds. The van der Waals surface area contributed by atoms with Gasteiger partial charge in [0.15, 0.2) is 0 Å². The van der Waals surface area contributed by atoms with Crippen molar-refractivity contribution in [3.8, 4) is 0 Å². The minimum Gasteiger partial charge on any atom is -0.382 e. The normalized spacial score (nSPS) is 10.9. The van der Waals surface area contributed by atoms with Gasteiger partial charge in [0.2, 0.25) is 0 Å². The number of rotatable bonds is 9. The van der Waals surface area contributed by atoms with Gasteiger partial charge >= 0.3 is 0 Å². The van der Waals surface area contributed by atoms with Crippen molar-refractivity contribution in [3.05, 3.63) is 16.1 Å². The van der Waals surface area contributed by atoms with E-state index in [1.807, 2.05) is 12.4 Å². The highest BCUT2D eigenvalue weighted by Crippen LogP contribution is 2.12. The second kappa shape index (κ2) is 8.64. The molecule has 0 saturated heterocycles. The maximum atomic E-state index is 5.46. The van der Waals surface area contributed by atoms with Gasteiger partial charge in [-0.25, -0.2) is 4.98 Å². The van der Waals surface area contributed by atoms with Crippen molar-refractivity contribution in [3.63, 3.8) is 0 Å². The molecule has 0 spiro atoms. The van der Waals surface area contributed by atoms with Crippen molar-refractivity contribution in [1.82, 2.24) is 4.98 Å². The molecule has 0 aromatic carbocycles. The summed E-state index contributed by atoms with van der Waals surface area (Å²) in [5.41, 5.74) is 2.99. The Hall–Kier alpha value is -0.490. The van der Waals surface area contributed by atoms with E-state index in [1.165, 1.54) is 4.88 Å². The quantitative estimate of drug-likeness (QED) is 0.621. The summed E-state index contributed by atoms with van der Waals surface area (Å²) in [6.07, 6.45) is 0.939. The van der Waals surface area contributed by atoms with Crippen molar-refractivity contribution in [2.75, 3.05) is 40.1 Å². The van der Waals surface area contributed by atoms with Crippen LogP contribution in [-0.2, 0) is 20.6 Å². The van der Waals surface area contributed by atoms with Crippen molar-refractivity contribution in [2.24, 2.45) is 0 Å². The van der Waals surface area contributed by atoms with E-state index in [0.29, 0.717) is 26.4 Å². The van der Waals surface area contributed by atoms with Crippen LogP contribution in [0, 0.1) is 6.92 Å². The molecule has 0 unspecified atom stereocenters. The molecule has 0 atom stereocenters. The Labute approximate surface area is 101 Å². The Morgan fingerprint density at radius 2 is 1.81 bits per heavy atom. The lowest BCUT2D eigenvalue weighted by atomic mass is 10.3. The third-order valence-corrected chi connectivity index (χ3v) is 3.12. The summed E-state index contributed by atoms with van der Waals surface area (Å²) in [6.45, 7) is 5.30. The van der Waals surface area contributed by atoms with Crippen molar-refractivity contribution < 1.29 is 14.2 Å². The fraction of sp³-hybridized carbons (Fsp3) is 0.727. The molecule has 0 saturated carbocycles. The summed E-state index contributed by atoms with van der Waals surface area (Å²) in [5.74, 6) is 0. The van der Waals surface area contributed by atoms with Gasteiger partial charge in [-0.15, -0.1) is 11.3 Å². The standard InChI is InChI=1S/C11H19NO3S/c1-10-11(16-9-12-10)3-4-14-7-8-15-6-5-13-2/h9H,3-8H2,1-2H3. The molecule has 0 aliphatic heterocycles. The Morgan fingerprint density at radius 1 is 1.12 bits per heavy atom. The third-order valence-electron chi connectivity index (χ3n) is 2.12. The van der Waals surface area contributed by atoms with Crippen molar-refractivity contribution in [1.29, 1.82) is 0 Å². The van der Waals surface area contributed by atoms with Gasteiger partial charge < -0.3 is 14.2 Å². The first-order chi connectivity index (χ1) is 7.84. The lowest BCUT2D eigenvalue weighted by Gasteiger charge is -2.04. The summed E-state index contributed by atoms with van der Waals surface area (Å²) < 4.78 is 15.6. The van der Waals surface area contributed by atoms with Crippen LogP contribution < -0.4 is 0 Å². The molecule has 1 rings (SSSR count). The fourth-order valence-electron chi connectivity index (χ4n) is 1.20.